The standard InChI is InChI=1S/C13H17N5/c1-18(9-6-12-4-2-3-7-15-12)13-11(10-14)5-8-16-17-13/h2-5,7-8H,6,9-10,14H2,1H3. The van der Waals surface area contributed by atoms with Gasteiger partial charge in [-0.2, -0.15) is 5.10 Å². The van der Waals surface area contributed by atoms with E-state index in [1.165, 1.54) is 0 Å². The number of anilines is 1. The van der Waals surface area contributed by atoms with E-state index in [0.717, 1.165) is 30.0 Å². The summed E-state index contributed by atoms with van der Waals surface area (Å²) in [6.45, 7) is 1.31. The molecule has 0 atom stereocenters. The number of hydrogen-bond acceptors (Lipinski definition) is 5. The van der Waals surface area contributed by atoms with E-state index in [0.29, 0.717) is 6.54 Å². The number of likely N-dealkylation sites (N-methyl/N-ethyl adjacent to an activating group) is 1. The lowest BCUT2D eigenvalue weighted by atomic mass is 10.2. The third kappa shape index (κ3) is 3.01. The Labute approximate surface area is 107 Å². The topological polar surface area (TPSA) is 67.9 Å². The number of nitrogens with two attached hydrogens (primary N) is 1. The Kier molecular flexibility index (Phi) is 4.20. The van der Waals surface area contributed by atoms with E-state index in [-0.39, 0.29) is 0 Å². The molecule has 0 saturated heterocycles. The number of hydrogen-bond donors (Lipinski definition) is 1. The minimum Gasteiger partial charge on any atom is -0.358 e. The maximum absolute atomic E-state index is 5.69. The molecular formula is C13H17N5. The highest BCUT2D eigenvalue weighted by Gasteiger charge is 2.08. The Morgan fingerprint density at radius 1 is 1.22 bits per heavy atom. The van der Waals surface area contributed by atoms with E-state index >= 15 is 0 Å². The maximum Gasteiger partial charge on any atom is 0.155 e. The van der Waals surface area contributed by atoms with E-state index in [2.05, 4.69) is 20.1 Å². The van der Waals surface area contributed by atoms with Gasteiger partial charge in [0.1, 0.15) is 0 Å². The molecule has 18 heavy (non-hydrogen) atoms. The highest BCUT2D eigenvalue weighted by Crippen LogP contribution is 2.14. The Hall–Kier alpha value is -2.01. The van der Waals surface area contributed by atoms with Crippen LogP contribution in [-0.2, 0) is 13.0 Å². The normalized spacial score (nSPS) is 10.3. The van der Waals surface area contributed by atoms with Crippen molar-refractivity contribution in [3.05, 3.63) is 47.9 Å². The van der Waals surface area contributed by atoms with Crippen molar-refractivity contribution in [1.82, 2.24) is 15.2 Å². The number of pyridine rings is 1. The van der Waals surface area contributed by atoms with Crippen molar-refractivity contribution in [2.24, 2.45) is 5.73 Å². The predicted molar refractivity (Wildman–Crippen MR) is 71.1 cm³/mol. The van der Waals surface area contributed by atoms with Crippen LogP contribution >= 0.6 is 0 Å². The molecule has 2 aromatic rings. The van der Waals surface area contributed by atoms with Crippen molar-refractivity contribution in [1.29, 1.82) is 0 Å². The molecule has 2 heterocycles. The first-order chi connectivity index (χ1) is 8.81. The van der Waals surface area contributed by atoms with Crippen LogP contribution in [0.3, 0.4) is 0 Å². The highest BCUT2D eigenvalue weighted by molar-refractivity contribution is 5.44. The van der Waals surface area contributed by atoms with E-state index in [1.54, 1.807) is 6.20 Å². The minimum atomic E-state index is 0.471. The predicted octanol–water partition coefficient (Wildman–Crippen LogP) is 1.01. The van der Waals surface area contributed by atoms with Gasteiger partial charge >= 0.3 is 0 Å². The zero-order valence-electron chi connectivity index (χ0n) is 10.5. The quantitative estimate of drug-likeness (QED) is 0.848. The molecule has 2 rings (SSSR count). The van der Waals surface area contributed by atoms with E-state index in [9.17, 15) is 0 Å². The average molecular weight is 243 g/mol. The maximum atomic E-state index is 5.69. The fourth-order valence-electron chi connectivity index (χ4n) is 1.77. The first kappa shape index (κ1) is 12.4. The summed E-state index contributed by atoms with van der Waals surface area (Å²) in [4.78, 5) is 6.36. The summed E-state index contributed by atoms with van der Waals surface area (Å²) in [6.07, 6.45) is 4.35. The van der Waals surface area contributed by atoms with E-state index in [1.807, 2.05) is 37.5 Å². The Morgan fingerprint density at radius 3 is 2.83 bits per heavy atom. The van der Waals surface area contributed by atoms with Crippen LogP contribution in [0.15, 0.2) is 36.7 Å². The molecule has 0 bridgehead atoms. The lowest BCUT2D eigenvalue weighted by Crippen LogP contribution is -2.24. The van der Waals surface area contributed by atoms with Gasteiger partial charge in [-0.25, -0.2) is 0 Å². The van der Waals surface area contributed by atoms with Gasteiger partial charge in [0, 0.05) is 44.0 Å². The summed E-state index contributed by atoms with van der Waals surface area (Å²) in [6, 6.07) is 7.84. The van der Waals surface area contributed by atoms with Crippen molar-refractivity contribution in [2.75, 3.05) is 18.5 Å². The SMILES string of the molecule is CN(CCc1ccccn1)c1nnccc1CN. The summed E-state index contributed by atoms with van der Waals surface area (Å²) in [5.41, 5.74) is 7.77. The molecule has 0 amide bonds. The van der Waals surface area contributed by atoms with Crippen molar-refractivity contribution in [3.8, 4) is 0 Å². The van der Waals surface area contributed by atoms with Crippen molar-refractivity contribution < 1.29 is 0 Å². The smallest absolute Gasteiger partial charge is 0.155 e. The molecule has 2 N–H and O–H groups in total. The molecule has 5 nitrogen and oxygen atoms in total. The highest BCUT2D eigenvalue weighted by atomic mass is 15.2. The van der Waals surface area contributed by atoms with Crippen LogP contribution < -0.4 is 10.6 Å². The Balaban J connectivity index is 2.01. The molecule has 2 aromatic heterocycles. The zero-order chi connectivity index (χ0) is 12.8. The molecule has 0 fully saturated rings. The van der Waals surface area contributed by atoms with Crippen LogP contribution in [0.2, 0.25) is 0 Å². The molecular weight excluding hydrogens is 226 g/mol. The van der Waals surface area contributed by atoms with Crippen LogP contribution in [0.5, 0.6) is 0 Å². The Bertz CT molecular complexity index is 486. The lowest BCUT2D eigenvalue weighted by Gasteiger charge is -2.19. The van der Waals surface area contributed by atoms with Gasteiger partial charge in [0.2, 0.25) is 0 Å². The molecule has 94 valence electrons. The number of rotatable bonds is 5. The zero-order valence-corrected chi connectivity index (χ0v) is 10.5. The summed E-state index contributed by atoms with van der Waals surface area (Å²) in [5, 5.41) is 8.04. The van der Waals surface area contributed by atoms with Gasteiger partial charge in [-0.05, 0) is 18.2 Å². The van der Waals surface area contributed by atoms with E-state index < -0.39 is 0 Å². The molecule has 0 saturated carbocycles. The average Bonchev–Trinajstić information content (AvgIpc) is 2.45. The van der Waals surface area contributed by atoms with Crippen molar-refractivity contribution in [3.63, 3.8) is 0 Å². The number of nitrogens with zero attached hydrogens (tertiary/aromatic N) is 4. The first-order valence-corrected chi connectivity index (χ1v) is 5.93. The monoisotopic (exact) mass is 243 g/mol. The van der Waals surface area contributed by atoms with Gasteiger partial charge in [-0.1, -0.05) is 6.07 Å². The summed E-state index contributed by atoms with van der Waals surface area (Å²) in [7, 11) is 1.99. The summed E-state index contributed by atoms with van der Waals surface area (Å²) >= 11 is 0. The molecule has 0 radical (unpaired) electrons. The lowest BCUT2D eigenvalue weighted by molar-refractivity contribution is 0.810. The largest absolute Gasteiger partial charge is 0.358 e. The third-order valence-electron chi connectivity index (χ3n) is 2.79. The molecule has 0 unspecified atom stereocenters. The summed E-state index contributed by atoms with van der Waals surface area (Å²) < 4.78 is 0. The first-order valence-electron chi connectivity index (χ1n) is 5.93. The second-order valence-corrected chi connectivity index (χ2v) is 4.08. The molecule has 0 aliphatic carbocycles. The second kappa shape index (κ2) is 6.07. The summed E-state index contributed by atoms with van der Waals surface area (Å²) in [5.74, 6) is 0.843. The van der Waals surface area contributed by atoms with Gasteiger partial charge in [0.05, 0.1) is 6.20 Å². The Morgan fingerprint density at radius 2 is 2.11 bits per heavy atom. The van der Waals surface area contributed by atoms with Crippen LogP contribution in [0.1, 0.15) is 11.3 Å². The third-order valence-corrected chi connectivity index (χ3v) is 2.79. The van der Waals surface area contributed by atoms with Crippen LogP contribution in [0.4, 0.5) is 5.82 Å². The fraction of sp³-hybridized carbons (Fsp3) is 0.308. The molecule has 0 aliphatic rings. The van der Waals surface area contributed by atoms with Crippen molar-refractivity contribution in [2.45, 2.75) is 13.0 Å². The van der Waals surface area contributed by atoms with Crippen LogP contribution in [0, 0.1) is 0 Å². The second-order valence-electron chi connectivity index (χ2n) is 4.08. The minimum absolute atomic E-state index is 0.471. The fourth-order valence-corrected chi connectivity index (χ4v) is 1.77. The molecule has 5 heteroatoms. The molecule has 0 aliphatic heterocycles. The van der Waals surface area contributed by atoms with Gasteiger partial charge < -0.3 is 10.6 Å². The number of aromatic nitrogens is 3. The van der Waals surface area contributed by atoms with Crippen molar-refractivity contribution >= 4 is 5.82 Å². The van der Waals surface area contributed by atoms with Crippen LogP contribution in [0.25, 0.3) is 0 Å². The van der Waals surface area contributed by atoms with Crippen LogP contribution in [-0.4, -0.2) is 28.8 Å². The molecule has 0 spiro atoms. The van der Waals surface area contributed by atoms with Gasteiger partial charge in [-0.3, -0.25) is 4.98 Å². The van der Waals surface area contributed by atoms with Gasteiger partial charge in [0.25, 0.3) is 0 Å². The van der Waals surface area contributed by atoms with E-state index in [4.69, 9.17) is 5.73 Å². The van der Waals surface area contributed by atoms with Gasteiger partial charge in [-0.15, -0.1) is 5.10 Å². The van der Waals surface area contributed by atoms with Gasteiger partial charge in [0.15, 0.2) is 5.82 Å². The molecule has 0 aromatic carbocycles.